The molecule has 6 rings (SSSR count). The van der Waals surface area contributed by atoms with Crippen LogP contribution < -0.4 is 15.3 Å². The Labute approximate surface area is 219 Å². The molecule has 8 nitrogen and oxygen atoms in total. The molecule has 0 bridgehead atoms. The van der Waals surface area contributed by atoms with Crippen molar-refractivity contribution in [1.29, 1.82) is 0 Å². The molecule has 1 fully saturated rings. The van der Waals surface area contributed by atoms with Crippen LogP contribution in [0.5, 0.6) is 5.75 Å². The highest BCUT2D eigenvalue weighted by atomic mass is 35.5. The summed E-state index contributed by atoms with van der Waals surface area (Å²) in [7, 11) is 5.52. The number of pyridine rings is 2. The number of hydrogen-bond acceptors (Lipinski definition) is 6. The van der Waals surface area contributed by atoms with Gasteiger partial charge in [0.1, 0.15) is 5.75 Å². The highest BCUT2D eigenvalue weighted by molar-refractivity contribution is 6.33. The third-order valence-electron chi connectivity index (χ3n) is 7.20. The predicted octanol–water partition coefficient (Wildman–Crippen LogP) is 4.35. The lowest BCUT2D eigenvalue weighted by molar-refractivity contribution is 0.313. The molecule has 0 spiro atoms. The number of rotatable bonds is 4. The number of hydrogen-bond donors (Lipinski definition) is 0. The van der Waals surface area contributed by atoms with Gasteiger partial charge in [0.2, 0.25) is 0 Å². The number of likely N-dealkylation sites (N-methyl/N-ethyl adjacent to an activating group) is 1. The molecule has 0 N–H and O–H groups in total. The molecule has 0 unspecified atom stereocenters. The van der Waals surface area contributed by atoms with Crippen LogP contribution in [0.25, 0.3) is 38.8 Å². The van der Waals surface area contributed by atoms with Gasteiger partial charge in [-0.05, 0) is 49.0 Å². The second-order valence-corrected chi connectivity index (χ2v) is 9.85. The highest BCUT2D eigenvalue weighted by Gasteiger charge is 2.20. The van der Waals surface area contributed by atoms with Gasteiger partial charge >= 0.3 is 5.69 Å². The average molecular weight is 515 g/mol. The quantitative estimate of drug-likeness (QED) is 0.355. The molecule has 3 aromatic heterocycles. The van der Waals surface area contributed by atoms with Gasteiger partial charge in [-0.2, -0.15) is 0 Å². The van der Waals surface area contributed by atoms with Crippen LogP contribution in [-0.2, 0) is 7.05 Å². The predicted molar refractivity (Wildman–Crippen MR) is 148 cm³/mol. The largest absolute Gasteiger partial charge is 0.495 e. The lowest BCUT2D eigenvalue weighted by Crippen LogP contribution is -2.44. The van der Waals surface area contributed by atoms with Gasteiger partial charge in [0.15, 0.2) is 0 Å². The number of halogens is 1. The molecular formula is C28H27ClN6O2. The molecule has 0 amide bonds. The minimum Gasteiger partial charge on any atom is -0.495 e. The molecule has 37 heavy (non-hydrogen) atoms. The van der Waals surface area contributed by atoms with Crippen molar-refractivity contribution in [2.24, 2.45) is 7.05 Å². The number of imidazole rings is 1. The van der Waals surface area contributed by atoms with Gasteiger partial charge in [-0.25, -0.2) is 4.79 Å². The van der Waals surface area contributed by atoms with Crippen LogP contribution in [-0.4, -0.2) is 64.3 Å². The number of benzene rings is 2. The number of anilines is 1. The zero-order valence-electron chi connectivity index (χ0n) is 21.0. The van der Waals surface area contributed by atoms with E-state index in [1.807, 2.05) is 36.4 Å². The maximum atomic E-state index is 13.5. The van der Waals surface area contributed by atoms with Crippen molar-refractivity contribution >= 4 is 39.2 Å². The lowest BCUT2D eigenvalue weighted by atomic mass is 10.0. The molecule has 1 saturated heterocycles. The molecular weight excluding hydrogens is 488 g/mol. The second-order valence-electron chi connectivity index (χ2n) is 9.44. The Kier molecular flexibility index (Phi) is 5.85. The maximum absolute atomic E-state index is 13.5. The van der Waals surface area contributed by atoms with E-state index in [4.69, 9.17) is 16.3 Å². The van der Waals surface area contributed by atoms with Gasteiger partial charge in [0.25, 0.3) is 0 Å². The van der Waals surface area contributed by atoms with E-state index in [-0.39, 0.29) is 5.69 Å². The molecule has 1 aliphatic rings. The van der Waals surface area contributed by atoms with E-state index in [0.717, 1.165) is 70.6 Å². The third kappa shape index (κ3) is 4.02. The summed E-state index contributed by atoms with van der Waals surface area (Å²) < 4.78 is 8.72. The van der Waals surface area contributed by atoms with Crippen LogP contribution in [0.2, 0.25) is 5.02 Å². The summed E-state index contributed by atoms with van der Waals surface area (Å²) in [6.07, 6.45) is 5.23. The number of nitrogens with zero attached hydrogens (tertiary/aromatic N) is 6. The summed E-state index contributed by atoms with van der Waals surface area (Å²) in [6.45, 7) is 3.82. The van der Waals surface area contributed by atoms with Crippen molar-refractivity contribution < 1.29 is 4.74 Å². The molecule has 0 saturated carbocycles. The first kappa shape index (κ1) is 23.5. The van der Waals surface area contributed by atoms with Crippen molar-refractivity contribution in [2.45, 2.75) is 0 Å². The second kappa shape index (κ2) is 9.21. The van der Waals surface area contributed by atoms with Crippen LogP contribution in [0, 0.1) is 0 Å². The zero-order valence-corrected chi connectivity index (χ0v) is 21.7. The van der Waals surface area contributed by atoms with E-state index in [1.165, 1.54) is 0 Å². The van der Waals surface area contributed by atoms with E-state index in [2.05, 4.69) is 32.9 Å². The Morgan fingerprint density at radius 2 is 1.73 bits per heavy atom. The smallest absolute Gasteiger partial charge is 0.333 e. The fourth-order valence-corrected chi connectivity index (χ4v) is 5.34. The Morgan fingerprint density at radius 3 is 2.49 bits per heavy atom. The van der Waals surface area contributed by atoms with Crippen LogP contribution in [0.15, 0.2) is 65.8 Å². The lowest BCUT2D eigenvalue weighted by Gasteiger charge is -2.34. The summed E-state index contributed by atoms with van der Waals surface area (Å²) in [5.41, 5.74) is 5.77. The number of aromatic nitrogens is 4. The molecule has 2 aromatic carbocycles. The van der Waals surface area contributed by atoms with Gasteiger partial charge in [0.05, 0.1) is 52.5 Å². The SMILES string of the molecule is COc1cncc(-c2ccc3ncc4c(c3c2)n(-c2ccc(N3CCN(C)CC3)c(Cl)c2)c(=O)n4C)c1. The fraction of sp³-hybridized carbons (Fsp3) is 0.250. The summed E-state index contributed by atoms with van der Waals surface area (Å²) in [6, 6.07) is 13.8. The first-order valence-electron chi connectivity index (χ1n) is 12.2. The summed E-state index contributed by atoms with van der Waals surface area (Å²) >= 11 is 6.80. The van der Waals surface area contributed by atoms with E-state index >= 15 is 0 Å². The van der Waals surface area contributed by atoms with Crippen molar-refractivity contribution in [1.82, 2.24) is 24.0 Å². The molecule has 0 radical (unpaired) electrons. The monoisotopic (exact) mass is 514 g/mol. The Bertz CT molecular complexity index is 1700. The molecule has 188 valence electrons. The van der Waals surface area contributed by atoms with Crippen molar-refractivity contribution in [2.75, 3.05) is 45.2 Å². The molecule has 0 atom stereocenters. The topological polar surface area (TPSA) is 68.4 Å². The maximum Gasteiger partial charge on any atom is 0.333 e. The van der Waals surface area contributed by atoms with Crippen molar-refractivity contribution in [3.63, 3.8) is 0 Å². The van der Waals surface area contributed by atoms with Gasteiger partial charge in [-0.15, -0.1) is 0 Å². The Hall–Kier alpha value is -3.88. The molecule has 4 heterocycles. The first-order valence-corrected chi connectivity index (χ1v) is 12.6. The summed E-state index contributed by atoms with van der Waals surface area (Å²) in [4.78, 5) is 27.1. The van der Waals surface area contributed by atoms with Crippen LogP contribution >= 0.6 is 11.6 Å². The average Bonchev–Trinajstić information content (AvgIpc) is 3.19. The molecule has 0 aliphatic carbocycles. The van der Waals surface area contributed by atoms with Crippen molar-refractivity contribution in [3.8, 4) is 22.6 Å². The number of methoxy groups -OCH3 is 1. The van der Waals surface area contributed by atoms with Gasteiger partial charge < -0.3 is 14.5 Å². The minimum absolute atomic E-state index is 0.152. The van der Waals surface area contributed by atoms with Gasteiger partial charge in [-0.1, -0.05) is 17.7 Å². The number of ether oxygens (including phenoxy) is 1. The highest BCUT2D eigenvalue weighted by Crippen LogP contribution is 2.33. The number of fused-ring (bicyclic) bond motifs is 3. The van der Waals surface area contributed by atoms with E-state index in [9.17, 15) is 4.79 Å². The van der Waals surface area contributed by atoms with Crippen molar-refractivity contribution in [3.05, 3.63) is 76.6 Å². The molecule has 5 aromatic rings. The van der Waals surface area contributed by atoms with E-state index < -0.39 is 0 Å². The number of piperazine rings is 1. The van der Waals surface area contributed by atoms with Crippen LogP contribution in [0.1, 0.15) is 0 Å². The van der Waals surface area contributed by atoms with E-state index in [0.29, 0.717) is 10.8 Å². The Balaban J connectivity index is 1.52. The first-order chi connectivity index (χ1) is 17.9. The van der Waals surface area contributed by atoms with Crippen LogP contribution in [0.3, 0.4) is 0 Å². The summed E-state index contributed by atoms with van der Waals surface area (Å²) in [5, 5.41) is 1.50. The fourth-order valence-electron chi connectivity index (χ4n) is 5.04. The third-order valence-corrected chi connectivity index (χ3v) is 7.50. The number of aryl methyl sites for hydroxylation is 1. The molecule has 1 aliphatic heterocycles. The molecule has 9 heteroatoms. The van der Waals surface area contributed by atoms with E-state index in [1.54, 1.807) is 41.9 Å². The standard InChI is InChI=1S/C28H27ClN6O2/c1-32-8-10-34(11-9-32)25-7-5-20(14-23(25)29)35-27-22-13-18(19-12-21(37-3)16-30-15-19)4-6-24(22)31-17-26(27)33(2)28(35)36/h4-7,12-17H,8-11H2,1-3H3. The zero-order chi connectivity index (χ0) is 25.7. The normalized spacial score (nSPS) is 14.5. The van der Waals surface area contributed by atoms with Crippen LogP contribution in [0.4, 0.5) is 5.69 Å². The summed E-state index contributed by atoms with van der Waals surface area (Å²) in [5.74, 6) is 0.681. The van der Waals surface area contributed by atoms with Gasteiger partial charge in [-0.3, -0.25) is 19.1 Å². The van der Waals surface area contributed by atoms with Gasteiger partial charge in [0, 0.05) is 50.4 Å². The Morgan fingerprint density at radius 1 is 0.919 bits per heavy atom. The minimum atomic E-state index is -0.152.